The molecular weight excluding hydrogens is 310 g/mol. The number of carbonyl (C=O) groups excluding carboxylic acids is 1. The molecule has 1 aromatic carbocycles. The quantitative estimate of drug-likeness (QED) is 0.653. The van der Waals surface area contributed by atoms with Crippen LogP contribution in [0.1, 0.15) is 49.0 Å². The lowest BCUT2D eigenvalue weighted by molar-refractivity contribution is 0.0755. The molecule has 0 aliphatic rings. The summed E-state index contributed by atoms with van der Waals surface area (Å²) in [5.41, 5.74) is 2.05. The molecule has 0 saturated heterocycles. The molecule has 0 bridgehead atoms. The van der Waals surface area contributed by atoms with Gasteiger partial charge < -0.3 is 10.2 Å². The average molecular weight is 339 g/mol. The first kappa shape index (κ1) is 19.0. The van der Waals surface area contributed by atoms with Crippen molar-refractivity contribution in [3.05, 3.63) is 59.8 Å². The van der Waals surface area contributed by atoms with Gasteiger partial charge in [-0.3, -0.25) is 4.79 Å². The predicted octanol–water partition coefficient (Wildman–Crippen LogP) is 4.39. The Morgan fingerprint density at radius 2 is 1.80 bits per heavy atom. The Kier molecular flexibility index (Phi) is 7.96. The number of aromatic nitrogens is 1. The molecule has 0 fully saturated rings. The molecule has 4 heteroatoms. The summed E-state index contributed by atoms with van der Waals surface area (Å²) in [6, 6.07) is 14.1. The van der Waals surface area contributed by atoms with Crippen molar-refractivity contribution >= 4 is 11.7 Å². The number of anilines is 1. The largest absolute Gasteiger partial charge is 0.370 e. The molecule has 0 unspecified atom stereocenters. The first-order valence-electron chi connectivity index (χ1n) is 9.27. The minimum Gasteiger partial charge on any atom is -0.370 e. The van der Waals surface area contributed by atoms with Crippen molar-refractivity contribution in [1.82, 2.24) is 9.88 Å². The van der Waals surface area contributed by atoms with E-state index in [-0.39, 0.29) is 5.91 Å². The molecule has 4 nitrogen and oxygen atoms in total. The van der Waals surface area contributed by atoms with Crippen LogP contribution in [0.3, 0.4) is 0 Å². The lowest BCUT2D eigenvalue weighted by Gasteiger charge is -2.21. The van der Waals surface area contributed by atoms with E-state index in [1.807, 2.05) is 17.0 Å². The van der Waals surface area contributed by atoms with Gasteiger partial charge in [-0.2, -0.15) is 0 Å². The highest BCUT2D eigenvalue weighted by molar-refractivity contribution is 5.94. The topological polar surface area (TPSA) is 45.2 Å². The van der Waals surface area contributed by atoms with Gasteiger partial charge in [0.05, 0.1) is 0 Å². The average Bonchev–Trinajstić information content (AvgIpc) is 2.65. The molecule has 0 atom stereocenters. The van der Waals surface area contributed by atoms with E-state index in [9.17, 15) is 4.79 Å². The Labute approximate surface area is 151 Å². The Hall–Kier alpha value is -2.36. The maximum Gasteiger partial charge on any atom is 0.254 e. The first-order valence-corrected chi connectivity index (χ1v) is 9.27. The highest BCUT2D eigenvalue weighted by Gasteiger charge is 2.14. The third-order valence-corrected chi connectivity index (χ3v) is 4.07. The Balaban J connectivity index is 1.88. The lowest BCUT2D eigenvalue weighted by Crippen LogP contribution is -2.32. The lowest BCUT2D eigenvalue weighted by atomic mass is 10.1. The van der Waals surface area contributed by atoms with Crippen LogP contribution in [-0.4, -0.2) is 35.4 Å². The second kappa shape index (κ2) is 10.5. The molecule has 134 valence electrons. The molecule has 1 amide bonds. The van der Waals surface area contributed by atoms with Gasteiger partial charge in [-0.05, 0) is 43.4 Å². The number of carbonyl (C=O) groups is 1. The standard InChI is InChI=1S/C21H29N3O/c1-3-15-24(16-4-2)21(25)19-12-14-23-20(17-19)22-13-8-11-18-9-6-5-7-10-18/h5-7,9-10,12,14,17H,3-4,8,11,13,15-16H2,1-2H3,(H,22,23). The van der Waals surface area contributed by atoms with Crippen LogP contribution in [0.25, 0.3) is 0 Å². The van der Waals surface area contributed by atoms with E-state index < -0.39 is 0 Å². The number of nitrogens with one attached hydrogen (secondary N) is 1. The van der Waals surface area contributed by atoms with E-state index in [0.29, 0.717) is 5.56 Å². The highest BCUT2D eigenvalue weighted by Crippen LogP contribution is 2.11. The van der Waals surface area contributed by atoms with Crippen molar-refractivity contribution < 1.29 is 4.79 Å². The number of rotatable bonds is 10. The number of benzene rings is 1. The van der Waals surface area contributed by atoms with Crippen LogP contribution < -0.4 is 5.32 Å². The van der Waals surface area contributed by atoms with Crippen molar-refractivity contribution in [2.45, 2.75) is 39.5 Å². The van der Waals surface area contributed by atoms with E-state index in [4.69, 9.17) is 0 Å². The summed E-state index contributed by atoms with van der Waals surface area (Å²) in [6.07, 6.45) is 5.72. The summed E-state index contributed by atoms with van der Waals surface area (Å²) in [4.78, 5) is 18.9. The van der Waals surface area contributed by atoms with Crippen molar-refractivity contribution in [2.24, 2.45) is 0 Å². The summed E-state index contributed by atoms with van der Waals surface area (Å²) in [5, 5.41) is 3.33. The highest BCUT2D eigenvalue weighted by atomic mass is 16.2. The Morgan fingerprint density at radius 1 is 1.08 bits per heavy atom. The van der Waals surface area contributed by atoms with E-state index in [2.05, 4.69) is 48.4 Å². The number of amides is 1. The number of aryl methyl sites for hydroxylation is 1. The molecule has 0 spiro atoms. The zero-order valence-corrected chi connectivity index (χ0v) is 15.4. The molecule has 2 rings (SSSR count). The summed E-state index contributed by atoms with van der Waals surface area (Å²) in [5.74, 6) is 0.866. The van der Waals surface area contributed by atoms with Crippen LogP contribution in [0.2, 0.25) is 0 Å². The molecule has 1 aromatic heterocycles. The summed E-state index contributed by atoms with van der Waals surface area (Å²) in [6.45, 7) is 6.64. The smallest absolute Gasteiger partial charge is 0.254 e. The third kappa shape index (κ3) is 6.22. The van der Waals surface area contributed by atoms with Gasteiger partial charge in [0.1, 0.15) is 5.82 Å². The number of hydrogen-bond donors (Lipinski definition) is 1. The molecule has 2 aromatic rings. The zero-order valence-electron chi connectivity index (χ0n) is 15.4. The molecule has 0 saturated carbocycles. The Morgan fingerprint density at radius 3 is 2.48 bits per heavy atom. The summed E-state index contributed by atoms with van der Waals surface area (Å²) < 4.78 is 0. The first-order chi connectivity index (χ1) is 12.2. The van der Waals surface area contributed by atoms with E-state index in [1.165, 1.54) is 5.56 Å². The van der Waals surface area contributed by atoms with Crippen LogP contribution in [0.4, 0.5) is 5.82 Å². The van der Waals surface area contributed by atoms with E-state index >= 15 is 0 Å². The van der Waals surface area contributed by atoms with Crippen LogP contribution in [-0.2, 0) is 6.42 Å². The number of pyridine rings is 1. The second-order valence-corrected chi connectivity index (χ2v) is 6.24. The maximum atomic E-state index is 12.7. The van der Waals surface area contributed by atoms with E-state index in [0.717, 1.165) is 51.1 Å². The van der Waals surface area contributed by atoms with Crippen molar-refractivity contribution in [2.75, 3.05) is 25.0 Å². The van der Waals surface area contributed by atoms with Gasteiger partial charge in [-0.15, -0.1) is 0 Å². The van der Waals surface area contributed by atoms with Gasteiger partial charge in [0, 0.05) is 31.4 Å². The SMILES string of the molecule is CCCN(CCC)C(=O)c1ccnc(NCCCc2ccccc2)c1. The fourth-order valence-corrected chi connectivity index (χ4v) is 2.85. The van der Waals surface area contributed by atoms with Gasteiger partial charge in [-0.25, -0.2) is 4.98 Å². The van der Waals surface area contributed by atoms with E-state index in [1.54, 1.807) is 12.3 Å². The fraction of sp³-hybridized carbons (Fsp3) is 0.429. The third-order valence-electron chi connectivity index (χ3n) is 4.07. The minimum absolute atomic E-state index is 0.0958. The number of nitrogens with zero attached hydrogens (tertiary/aromatic N) is 2. The van der Waals surface area contributed by atoms with Crippen molar-refractivity contribution in [1.29, 1.82) is 0 Å². The van der Waals surface area contributed by atoms with Gasteiger partial charge in [0.25, 0.3) is 5.91 Å². The van der Waals surface area contributed by atoms with Gasteiger partial charge in [0.2, 0.25) is 0 Å². The second-order valence-electron chi connectivity index (χ2n) is 6.24. The molecule has 1 N–H and O–H groups in total. The summed E-state index contributed by atoms with van der Waals surface area (Å²) >= 11 is 0. The maximum absolute atomic E-state index is 12.7. The minimum atomic E-state index is 0.0958. The molecule has 25 heavy (non-hydrogen) atoms. The number of hydrogen-bond acceptors (Lipinski definition) is 3. The molecule has 0 aliphatic heterocycles. The van der Waals surface area contributed by atoms with Crippen molar-refractivity contribution in [3.8, 4) is 0 Å². The van der Waals surface area contributed by atoms with Gasteiger partial charge >= 0.3 is 0 Å². The summed E-state index contributed by atoms with van der Waals surface area (Å²) in [7, 11) is 0. The molecule has 0 aliphatic carbocycles. The monoisotopic (exact) mass is 339 g/mol. The van der Waals surface area contributed by atoms with Crippen LogP contribution in [0.5, 0.6) is 0 Å². The molecule has 1 heterocycles. The molecular formula is C21H29N3O. The van der Waals surface area contributed by atoms with Crippen LogP contribution >= 0.6 is 0 Å². The fourth-order valence-electron chi connectivity index (χ4n) is 2.85. The van der Waals surface area contributed by atoms with Crippen LogP contribution in [0.15, 0.2) is 48.7 Å². The van der Waals surface area contributed by atoms with Gasteiger partial charge in [-0.1, -0.05) is 44.2 Å². The normalized spacial score (nSPS) is 10.5. The zero-order chi connectivity index (χ0) is 17.9. The van der Waals surface area contributed by atoms with Gasteiger partial charge in [0.15, 0.2) is 0 Å². The Bertz CT molecular complexity index is 637. The van der Waals surface area contributed by atoms with Crippen LogP contribution in [0, 0.1) is 0 Å². The molecule has 0 radical (unpaired) electrons. The predicted molar refractivity (Wildman–Crippen MR) is 104 cm³/mol. The van der Waals surface area contributed by atoms with Crippen molar-refractivity contribution in [3.63, 3.8) is 0 Å².